The zero-order chi connectivity index (χ0) is 43.5. The van der Waals surface area contributed by atoms with Gasteiger partial charge >= 0.3 is 11.9 Å². The molecule has 0 saturated carbocycles. The zero-order valence-corrected chi connectivity index (χ0v) is 39.7. The third-order valence-corrected chi connectivity index (χ3v) is 10.7. The summed E-state index contributed by atoms with van der Waals surface area (Å²) >= 11 is 0. The maximum Gasteiger partial charge on any atom is 0.306 e. The van der Waals surface area contributed by atoms with Gasteiger partial charge in [0.2, 0.25) is 0 Å². The molecule has 1 unspecified atom stereocenters. The molecular weight excluding hydrogens is 741 g/mol. The van der Waals surface area contributed by atoms with E-state index in [2.05, 4.69) is 93.7 Å². The van der Waals surface area contributed by atoms with Crippen LogP contribution >= 0.6 is 0 Å². The van der Waals surface area contributed by atoms with Crippen molar-refractivity contribution in [3.05, 3.63) is 72.9 Å². The number of carbonyl (C=O) groups excluding carboxylic acids is 2. The van der Waals surface area contributed by atoms with E-state index in [-0.39, 0.29) is 25.2 Å². The van der Waals surface area contributed by atoms with Crippen molar-refractivity contribution in [3.63, 3.8) is 0 Å². The Balaban J connectivity index is 4.15. The van der Waals surface area contributed by atoms with Gasteiger partial charge in [-0.2, -0.15) is 0 Å². The van der Waals surface area contributed by atoms with E-state index in [4.69, 9.17) is 14.2 Å². The SMILES string of the molecule is CC/C=C\C/C=C\C/C=C\C/C=C\CCCCCCCCC(=O)OCC(COCCCCCCCCCC/C=C\C/C=C\CCCCC)OC(=O)CCCCCCCCC. The average molecular weight is 837 g/mol. The number of allylic oxidation sites excluding steroid dienone is 12. The topological polar surface area (TPSA) is 61.8 Å². The predicted molar refractivity (Wildman–Crippen MR) is 260 cm³/mol. The molecule has 0 amide bonds. The Hall–Kier alpha value is -2.66. The summed E-state index contributed by atoms with van der Waals surface area (Å²) in [5.74, 6) is -0.420. The summed E-state index contributed by atoms with van der Waals surface area (Å²) in [6.45, 7) is 7.64. The molecule has 5 heteroatoms. The minimum Gasteiger partial charge on any atom is -0.462 e. The van der Waals surface area contributed by atoms with Crippen LogP contribution in [0.3, 0.4) is 0 Å². The lowest BCUT2D eigenvalue weighted by Crippen LogP contribution is -2.30. The second-order valence-electron chi connectivity index (χ2n) is 16.7. The first kappa shape index (κ1) is 57.3. The Morgan fingerprint density at radius 3 is 1.23 bits per heavy atom. The van der Waals surface area contributed by atoms with Crippen LogP contribution in [0.4, 0.5) is 0 Å². The molecule has 0 aromatic carbocycles. The molecule has 0 heterocycles. The molecular formula is C55H96O5. The largest absolute Gasteiger partial charge is 0.462 e. The number of unbranched alkanes of at least 4 members (excludes halogenated alkanes) is 23. The number of hydrogen-bond donors (Lipinski definition) is 0. The van der Waals surface area contributed by atoms with Gasteiger partial charge in [-0.1, -0.05) is 209 Å². The molecule has 346 valence electrons. The lowest BCUT2D eigenvalue weighted by Gasteiger charge is -2.18. The highest BCUT2D eigenvalue weighted by Gasteiger charge is 2.17. The van der Waals surface area contributed by atoms with Crippen molar-refractivity contribution in [2.45, 2.75) is 245 Å². The minimum absolute atomic E-state index is 0.0743. The summed E-state index contributed by atoms with van der Waals surface area (Å²) in [7, 11) is 0. The molecule has 0 N–H and O–H groups in total. The van der Waals surface area contributed by atoms with E-state index in [9.17, 15) is 9.59 Å². The van der Waals surface area contributed by atoms with Crippen molar-refractivity contribution in [3.8, 4) is 0 Å². The number of ether oxygens (including phenoxy) is 3. The number of carbonyl (C=O) groups is 2. The van der Waals surface area contributed by atoms with Crippen molar-refractivity contribution >= 4 is 11.9 Å². The number of rotatable bonds is 46. The molecule has 5 nitrogen and oxygen atoms in total. The van der Waals surface area contributed by atoms with Gasteiger partial charge in [-0.15, -0.1) is 0 Å². The maximum atomic E-state index is 12.7. The van der Waals surface area contributed by atoms with Crippen LogP contribution in [-0.4, -0.2) is 37.9 Å². The van der Waals surface area contributed by atoms with E-state index >= 15 is 0 Å². The van der Waals surface area contributed by atoms with Crippen LogP contribution < -0.4 is 0 Å². The van der Waals surface area contributed by atoms with Gasteiger partial charge in [0.1, 0.15) is 6.61 Å². The van der Waals surface area contributed by atoms with Gasteiger partial charge in [-0.05, 0) is 89.9 Å². The van der Waals surface area contributed by atoms with E-state index in [0.29, 0.717) is 19.4 Å². The fourth-order valence-corrected chi connectivity index (χ4v) is 6.94. The lowest BCUT2D eigenvalue weighted by molar-refractivity contribution is -0.163. The van der Waals surface area contributed by atoms with Gasteiger partial charge in [0.15, 0.2) is 6.10 Å². The molecule has 0 aliphatic heterocycles. The molecule has 0 aromatic rings. The van der Waals surface area contributed by atoms with Crippen LogP contribution in [-0.2, 0) is 23.8 Å². The Morgan fingerprint density at radius 1 is 0.383 bits per heavy atom. The molecule has 0 fully saturated rings. The quantitative estimate of drug-likeness (QED) is 0.0347. The normalized spacial score (nSPS) is 12.8. The Kier molecular flexibility index (Phi) is 48.4. The first-order chi connectivity index (χ1) is 29.6. The molecule has 0 aromatic heterocycles. The third-order valence-electron chi connectivity index (χ3n) is 10.7. The molecule has 0 radical (unpaired) electrons. The van der Waals surface area contributed by atoms with E-state index in [0.717, 1.165) is 83.5 Å². The Morgan fingerprint density at radius 2 is 0.750 bits per heavy atom. The van der Waals surface area contributed by atoms with Crippen molar-refractivity contribution in [1.82, 2.24) is 0 Å². The third kappa shape index (κ3) is 48.0. The fraction of sp³-hybridized carbons (Fsp3) is 0.745. The maximum absolute atomic E-state index is 12.7. The summed E-state index contributed by atoms with van der Waals surface area (Å²) in [6, 6.07) is 0. The van der Waals surface area contributed by atoms with Gasteiger partial charge in [-0.25, -0.2) is 0 Å². The Bertz CT molecular complexity index is 1080. The summed E-state index contributed by atoms with van der Waals surface area (Å²) in [4.78, 5) is 25.2. The lowest BCUT2D eigenvalue weighted by atomic mass is 10.1. The predicted octanol–water partition coefficient (Wildman–Crippen LogP) is 17.1. The smallest absolute Gasteiger partial charge is 0.306 e. The molecule has 60 heavy (non-hydrogen) atoms. The van der Waals surface area contributed by atoms with Crippen LogP contribution in [0.2, 0.25) is 0 Å². The van der Waals surface area contributed by atoms with Gasteiger partial charge in [-0.3, -0.25) is 9.59 Å². The highest BCUT2D eigenvalue weighted by molar-refractivity contribution is 5.70. The van der Waals surface area contributed by atoms with E-state index in [1.807, 2.05) is 0 Å². The van der Waals surface area contributed by atoms with Gasteiger partial charge in [0.05, 0.1) is 6.61 Å². The second kappa shape index (κ2) is 50.7. The fourth-order valence-electron chi connectivity index (χ4n) is 6.94. The molecule has 0 saturated heterocycles. The van der Waals surface area contributed by atoms with Crippen molar-refractivity contribution in [1.29, 1.82) is 0 Å². The first-order valence-corrected chi connectivity index (χ1v) is 25.5. The first-order valence-electron chi connectivity index (χ1n) is 25.5. The average Bonchev–Trinajstić information content (AvgIpc) is 3.25. The van der Waals surface area contributed by atoms with Crippen LogP contribution in [0.15, 0.2) is 72.9 Å². The molecule has 0 aliphatic rings. The molecule has 0 aliphatic carbocycles. The number of esters is 2. The standard InChI is InChI=1S/C55H96O5/c1-4-7-10-13-16-18-20-22-24-26-28-29-31-33-35-37-40-42-45-48-54(56)59-52-53(60-55(57)49-46-43-39-15-12-9-6-3)51-58-50-47-44-41-38-36-34-32-30-27-25-23-21-19-17-14-11-8-5-2/h7,10,16-19,22-25,28-29,53H,4-6,8-9,11-15,20-21,26-27,30-52H2,1-3H3/b10-7-,18-16-,19-17-,24-22-,25-23-,29-28-. The zero-order valence-electron chi connectivity index (χ0n) is 39.7. The minimum atomic E-state index is -0.543. The van der Waals surface area contributed by atoms with E-state index in [1.165, 1.54) is 122 Å². The van der Waals surface area contributed by atoms with Crippen LogP contribution in [0, 0.1) is 0 Å². The van der Waals surface area contributed by atoms with E-state index < -0.39 is 6.10 Å². The molecule has 0 bridgehead atoms. The summed E-state index contributed by atoms with van der Waals surface area (Å²) < 4.78 is 17.3. The van der Waals surface area contributed by atoms with Crippen LogP contribution in [0.1, 0.15) is 239 Å². The summed E-state index contributed by atoms with van der Waals surface area (Å²) in [6.07, 6.45) is 64.9. The van der Waals surface area contributed by atoms with Crippen LogP contribution in [0.25, 0.3) is 0 Å². The summed E-state index contributed by atoms with van der Waals surface area (Å²) in [5, 5.41) is 0. The molecule has 0 spiro atoms. The monoisotopic (exact) mass is 837 g/mol. The van der Waals surface area contributed by atoms with E-state index in [1.54, 1.807) is 0 Å². The Labute approximate surface area is 372 Å². The van der Waals surface area contributed by atoms with Gasteiger partial charge in [0, 0.05) is 19.4 Å². The second-order valence-corrected chi connectivity index (χ2v) is 16.7. The van der Waals surface area contributed by atoms with Crippen LogP contribution in [0.5, 0.6) is 0 Å². The van der Waals surface area contributed by atoms with Gasteiger partial charge in [0.25, 0.3) is 0 Å². The van der Waals surface area contributed by atoms with Crippen molar-refractivity contribution in [2.75, 3.05) is 19.8 Å². The summed E-state index contributed by atoms with van der Waals surface area (Å²) in [5.41, 5.74) is 0. The van der Waals surface area contributed by atoms with Crippen molar-refractivity contribution < 1.29 is 23.8 Å². The molecule has 1 atom stereocenters. The van der Waals surface area contributed by atoms with Crippen molar-refractivity contribution in [2.24, 2.45) is 0 Å². The van der Waals surface area contributed by atoms with Gasteiger partial charge < -0.3 is 14.2 Å². The highest BCUT2D eigenvalue weighted by Crippen LogP contribution is 2.14. The molecule has 0 rings (SSSR count). The highest BCUT2D eigenvalue weighted by atomic mass is 16.6. The number of hydrogen-bond acceptors (Lipinski definition) is 5.